The summed E-state index contributed by atoms with van der Waals surface area (Å²) in [5.74, 6) is -0.147. The van der Waals surface area contributed by atoms with Crippen LogP contribution in [-0.2, 0) is 6.42 Å². The first-order valence-electron chi connectivity index (χ1n) is 6.51. The molecule has 2 nitrogen and oxygen atoms in total. The molecule has 0 saturated carbocycles. The zero-order valence-electron chi connectivity index (χ0n) is 11.2. The zero-order valence-corrected chi connectivity index (χ0v) is 15.7. The molecule has 0 aromatic heterocycles. The fraction of sp³-hybridized carbons (Fsp3) is 0.188. The Hall–Kier alpha value is -0.590. The van der Waals surface area contributed by atoms with E-state index < -0.39 is 0 Å². The van der Waals surface area contributed by atoms with Crippen molar-refractivity contribution in [3.63, 3.8) is 0 Å². The Bertz CT molecular complexity index is 648. The summed E-state index contributed by atoms with van der Waals surface area (Å²) >= 11 is 11.6. The molecule has 0 saturated heterocycles. The van der Waals surface area contributed by atoms with E-state index in [0.29, 0.717) is 10.6 Å². The molecule has 5 heteroatoms. The van der Waals surface area contributed by atoms with Gasteiger partial charge in [0.05, 0.1) is 5.02 Å². The summed E-state index contributed by atoms with van der Waals surface area (Å²) in [6, 6.07) is 13.2. The van der Waals surface area contributed by atoms with E-state index in [1.165, 1.54) is 5.56 Å². The molecule has 0 atom stereocenters. The maximum atomic E-state index is 12.2. The molecular weight excluding hydrogens is 464 g/mol. The molecule has 0 heterocycles. The molecule has 1 amide bonds. The number of aryl methyl sites for hydroxylation is 1. The van der Waals surface area contributed by atoms with Crippen molar-refractivity contribution in [2.75, 3.05) is 10.6 Å². The fourth-order valence-corrected chi connectivity index (χ4v) is 2.71. The normalized spacial score (nSPS) is 10.4. The first kappa shape index (κ1) is 16.8. The topological polar surface area (TPSA) is 29.1 Å². The van der Waals surface area contributed by atoms with Crippen LogP contribution in [-0.4, -0.2) is 11.2 Å². The van der Waals surface area contributed by atoms with Gasteiger partial charge in [0.25, 0.3) is 5.91 Å². The number of hydrogen-bond donors (Lipinski definition) is 1. The largest absolute Gasteiger partial charge is 0.322 e. The van der Waals surface area contributed by atoms with Crippen LogP contribution in [0, 0.1) is 3.57 Å². The lowest BCUT2D eigenvalue weighted by Crippen LogP contribution is -2.12. The third-order valence-electron chi connectivity index (χ3n) is 2.97. The van der Waals surface area contributed by atoms with Crippen molar-refractivity contribution in [2.24, 2.45) is 0 Å². The number of anilines is 1. The second-order valence-electron chi connectivity index (χ2n) is 4.58. The van der Waals surface area contributed by atoms with Gasteiger partial charge in [0.1, 0.15) is 0 Å². The lowest BCUT2D eigenvalue weighted by atomic mass is 10.1. The minimum Gasteiger partial charge on any atom is -0.322 e. The minimum atomic E-state index is -0.147. The summed E-state index contributed by atoms with van der Waals surface area (Å²) in [5.41, 5.74) is 2.58. The Kier molecular flexibility index (Phi) is 6.51. The summed E-state index contributed by atoms with van der Waals surface area (Å²) in [4.78, 5) is 12.2. The summed E-state index contributed by atoms with van der Waals surface area (Å²) in [7, 11) is 0. The highest BCUT2D eigenvalue weighted by molar-refractivity contribution is 14.1. The number of hydrogen-bond acceptors (Lipinski definition) is 1. The van der Waals surface area contributed by atoms with Crippen LogP contribution in [0.3, 0.4) is 0 Å². The molecule has 0 spiro atoms. The Morgan fingerprint density at radius 2 is 2.05 bits per heavy atom. The van der Waals surface area contributed by atoms with Crippen LogP contribution in [0.15, 0.2) is 42.5 Å². The summed E-state index contributed by atoms with van der Waals surface area (Å²) in [5, 5.41) is 4.48. The number of halogens is 3. The van der Waals surface area contributed by atoms with E-state index in [4.69, 9.17) is 11.6 Å². The second kappa shape index (κ2) is 8.15. The van der Waals surface area contributed by atoms with Crippen LogP contribution in [0.1, 0.15) is 22.3 Å². The average Bonchev–Trinajstić information content (AvgIpc) is 2.48. The SMILES string of the molecule is O=C(Nc1cccc(CCCBr)c1)c1ccc(I)c(Cl)c1. The number of amides is 1. The third-order valence-corrected chi connectivity index (χ3v) is 5.10. The van der Waals surface area contributed by atoms with E-state index in [1.807, 2.05) is 24.3 Å². The molecule has 0 unspecified atom stereocenters. The lowest BCUT2D eigenvalue weighted by Gasteiger charge is -2.08. The molecule has 0 radical (unpaired) electrons. The molecule has 2 aromatic rings. The summed E-state index contributed by atoms with van der Waals surface area (Å²) < 4.78 is 0.933. The van der Waals surface area contributed by atoms with Crippen molar-refractivity contribution in [2.45, 2.75) is 12.8 Å². The highest BCUT2D eigenvalue weighted by Crippen LogP contribution is 2.20. The van der Waals surface area contributed by atoms with Crippen molar-refractivity contribution in [3.05, 3.63) is 62.2 Å². The molecule has 0 aliphatic rings. The van der Waals surface area contributed by atoms with Gasteiger partial charge >= 0.3 is 0 Å². The third kappa shape index (κ3) is 4.97. The number of carbonyl (C=O) groups excluding carboxylic acids is 1. The Labute approximate surface area is 151 Å². The molecule has 110 valence electrons. The lowest BCUT2D eigenvalue weighted by molar-refractivity contribution is 0.102. The number of rotatable bonds is 5. The smallest absolute Gasteiger partial charge is 0.255 e. The van der Waals surface area contributed by atoms with Gasteiger partial charge in [0.15, 0.2) is 0 Å². The molecule has 2 aromatic carbocycles. The molecular formula is C16H14BrClINO. The van der Waals surface area contributed by atoms with Gasteiger partial charge in [-0.2, -0.15) is 0 Å². The summed E-state index contributed by atoms with van der Waals surface area (Å²) in [6.45, 7) is 0. The van der Waals surface area contributed by atoms with Crippen LogP contribution in [0.25, 0.3) is 0 Å². The minimum absolute atomic E-state index is 0.147. The van der Waals surface area contributed by atoms with Crippen LogP contribution in [0.5, 0.6) is 0 Å². The predicted octanol–water partition coefficient (Wildman–Crippen LogP) is 5.52. The van der Waals surface area contributed by atoms with Gasteiger partial charge < -0.3 is 5.32 Å². The van der Waals surface area contributed by atoms with E-state index in [-0.39, 0.29) is 5.91 Å². The fourth-order valence-electron chi connectivity index (χ4n) is 1.92. The standard InChI is InChI=1S/C16H14BrClINO/c17-8-2-4-11-3-1-5-13(9-11)20-16(21)12-6-7-15(19)14(18)10-12/h1,3,5-7,9-10H,2,4,8H2,(H,20,21). The molecule has 1 N–H and O–H groups in total. The first-order chi connectivity index (χ1) is 10.1. The molecule has 0 aliphatic heterocycles. The first-order valence-corrected chi connectivity index (χ1v) is 9.09. The van der Waals surface area contributed by atoms with Crippen molar-refractivity contribution >= 4 is 61.7 Å². The van der Waals surface area contributed by atoms with E-state index in [0.717, 1.165) is 27.4 Å². The van der Waals surface area contributed by atoms with E-state index >= 15 is 0 Å². The van der Waals surface area contributed by atoms with Gasteiger partial charge in [0, 0.05) is 20.2 Å². The van der Waals surface area contributed by atoms with Gasteiger partial charge in [-0.15, -0.1) is 0 Å². The molecule has 21 heavy (non-hydrogen) atoms. The molecule has 2 rings (SSSR count). The van der Waals surface area contributed by atoms with Gasteiger partial charge in [0.2, 0.25) is 0 Å². The zero-order chi connectivity index (χ0) is 15.2. The number of benzene rings is 2. The Morgan fingerprint density at radius 3 is 2.76 bits per heavy atom. The van der Waals surface area contributed by atoms with Gasteiger partial charge in [-0.05, 0) is 71.3 Å². The maximum Gasteiger partial charge on any atom is 0.255 e. The Balaban J connectivity index is 2.10. The van der Waals surface area contributed by atoms with Gasteiger partial charge in [-0.25, -0.2) is 0 Å². The van der Waals surface area contributed by atoms with E-state index in [2.05, 4.69) is 49.9 Å². The monoisotopic (exact) mass is 477 g/mol. The van der Waals surface area contributed by atoms with Crippen molar-refractivity contribution < 1.29 is 4.79 Å². The average molecular weight is 479 g/mol. The van der Waals surface area contributed by atoms with Crippen molar-refractivity contribution in [1.29, 1.82) is 0 Å². The highest BCUT2D eigenvalue weighted by Gasteiger charge is 2.08. The predicted molar refractivity (Wildman–Crippen MR) is 101 cm³/mol. The quantitative estimate of drug-likeness (QED) is 0.445. The van der Waals surface area contributed by atoms with E-state index in [9.17, 15) is 4.79 Å². The van der Waals surface area contributed by atoms with Gasteiger partial charge in [-0.1, -0.05) is 39.7 Å². The molecule has 0 fully saturated rings. The van der Waals surface area contributed by atoms with Crippen LogP contribution < -0.4 is 5.32 Å². The number of nitrogens with one attached hydrogen (secondary N) is 1. The maximum absolute atomic E-state index is 12.2. The molecule has 0 aliphatic carbocycles. The van der Waals surface area contributed by atoms with Crippen LogP contribution in [0.2, 0.25) is 5.02 Å². The number of alkyl halides is 1. The second-order valence-corrected chi connectivity index (χ2v) is 6.94. The van der Waals surface area contributed by atoms with Gasteiger partial charge in [-0.3, -0.25) is 4.79 Å². The molecule has 0 bridgehead atoms. The highest BCUT2D eigenvalue weighted by atomic mass is 127. The van der Waals surface area contributed by atoms with Crippen LogP contribution in [0.4, 0.5) is 5.69 Å². The van der Waals surface area contributed by atoms with Crippen molar-refractivity contribution in [3.8, 4) is 0 Å². The summed E-state index contributed by atoms with van der Waals surface area (Å²) in [6.07, 6.45) is 2.06. The Morgan fingerprint density at radius 1 is 1.24 bits per heavy atom. The van der Waals surface area contributed by atoms with E-state index in [1.54, 1.807) is 12.1 Å². The van der Waals surface area contributed by atoms with Crippen molar-refractivity contribution in [1.82, 2.24) is 0 Å². The van der Waals surface area contributed by atoms with Crippen LogP contribution >= 0.6 is 50.1 Å². The number of carbonyl (C=O) groups is 1.